The topological polar surface area (TPSA) is 29.1 Å². The fourth-order valence-corrected chi connectivity index (χ4v) is 4.16. The van der Waals surface area contributed by atoms with E-state index in [9.17, 15) is 4.21 Å². The molecule has 1 aliphatic carbocycles. The second-order valence-electron chi connectivity index (χ2n) is 5.15. The predicted molar refractivity (Wildman–Crippen MR) is 72.2 cm³/mol. The zero-order valence-electron chi connectivity index (χ0n) is 11.0. The van der Waals surface area contributed by atoms with Gasteiger partial charge in [-0.1, -0.05) is 27.2 Å². The van der Waals surface area contributed by atoms with Gasteiger partial charge in [-0.05, 0) is 38.1 Å². The van der Waals surface area contributed by atoms with Gasteiger partial charge in [0.05, 0.1) is 0 Å². The number of hydrogen-bond donors (Lipinski definition) is 1. The van der Waals surface area contributed by atoms with Gasteiger partial charge in [0.2, 0.25) is 0 Å². The zero-order chi connectivity index (χ0) is 12.0. The van der Waals surface area contributed by atoms with E-state index in [1.54, 1.807) is 0 Å². The summed E-state index contributed by atoms with van der Waals surface area (Å²) in [4.78, 5) is 0. The van der Waals surface area contributed by atoms with Crippen LogP contribution in [0.25, 0.3) is 0 Å². The normalized spacial score (nSPS) is 29.2. The summed E-state index contributed by atoms with van der Waals surface area (Å²) in [5, 5.41) is 4.01. The van der Waals surface area contributed by atoms with Crippen LogP contribution >= 0.6 is 0 Å². The molecule has 0 aromatic carbocycles. The Labute approximate surface area is 103 Å². The van der Waals surface area contributed by atoms with Crippen LogP contribution in [0.15, 0.2) is 0 Å². The van der Waals surface area contributed by atoms with Crippen LogP contribution in [0.2, 0.25) is 0 Å². The summed E-state index contributed by atoms with van der Waals surface area (Å²) in [7, 11) is -0.592. The van der Waals surface area contributed by atoms with Crippen LogP contribution < -0.4 is 5.32 Å². The van der Waals surface area contributed by atoms with Gasteiger partial charge in [0.1, 0.15) is 0 Å². The predicted octanol–water partition coefficient (Wildman–Crippen LogP) is 2.70. The molecule has 1 aliphatic rings. The summed E-state index contributed by atoms with van der Waals surface area (Å²) in [5.74, 6) is 1.52. The maximum Gasteiger partial charge on any atom is 0.0363 e. The third-order valence-corrected chi connectivity index (χ3v) is 5.65. The molecule has 0 saturated heterocycles. The zero-order valence-corrected chi connectivity index (χ0v) is 11.8. The highest BCUT2D eigenvalue weighted by Gasteiger charge is 2.28. The SMILES string of the molecule is CCCNC1CCC(S(=O)CC(C)CC)C1. The van der Waals surface area contributed by atoms with Gasteiger partial charge in [-0.15, -0.1) is 0 Å². The van der Waals surface area contributed by atoms with Crippen molar-refractivity contribution in [3.05, 3.63) is 0 Å². The van der Waals surface area contributed by atoms with Gasteiger partial charge < -0.3 is 5.32 Å². The van der Waals surface area contributed by atoms with Gasteiger partial charge in [-0.3, -0.25) is 4.21 Å². The Morgan fingerprint density at radius 1 is 1.38 bits per heavy atom. The van der Waals surface area contributed by atoms with Gasteiger partial charge in [-0.2, -0.15) is 0 Å². The molecule has 0 heterocycles. The summed E-state index contributed by atoms with van der Waals surface area (Å²) >= 11 is 0. The van der Waals surface area contributed by atoms with Crippen molar-refractivity contribution in [3.8, 4) is 0 Å². The molecule has 0 bridgehead atoms. The van der Waals surface area contributed by atoms with E-state index in [0.717, 1.165) is 31.6 Å². The van der Waals surface area contributed by atoms with Crippen LogP contribution in [0.5, 0.6) is 0 Å². The van der Waals surface area contributed by atoms with Crippen molar-refractivity contribution >= 4 is 10.8 Å². The number of hydrogen-bond acceptors (Lipinski definition) is 2. The van der Waals surface area contributed by atoms with Crippen LogP contribution in [-0.2, 0) is 10.8 Å². The first-order chi connectivity index (χ1) is 7.67. The third-order valence-electron chi connectivity index (χ3n) is 3.59. The first-order valence-electron chi connectivity index (χ1n) is 6.77. The van der Waals surface area contributed by atoms with Crippen molar-refractivity contribution in [2.75, 3.05) is 12.3 Å². The third kappa shape index (κ3) is 4.54. The quantitative estimate of drug-likeness (QED) is 0.747. The minimum Gasteiger partial charge on any atom is -0.314 e. The molecule has 2 nitrogen and oxygen atoms in total. The highest BCUT2D eigenvalue weighted by molar-refractivity contribution is 7.85. The van der Waals surface area contributed by atoms with E-state index in [0.29, 0.717) is 17.2 Å². The van der Waals surface area contributed by atoms with Crippen LogP contribution in [0.3, 0.4) is 0 Å². The summed E-state index contributed by atoms with van der Waals surface area (Å²) in [6, 6.07) is 0.630. The van der Waals surface area contributed by atoms with Gasteiger partial charge in [0, 0.05) is 27.8 Å². The molecule has 96 valence electrons. The number of nitrogens with one attached hydrogen (secondary N) is 1. The highest BCUT2D eigenvalue weighted by Crippen LogP contribution is 2.25. The minimum atomic E-state index is -0.592. The van der Waals surface area contributed by atoms with Crippen LogP contribution in [0.4, 0.5) is 0 Å². The Kier molecular flexibility index (Phi) is 6.59. The Morgan fingerprint density at radius 2 is 2.12 bits per heavy atom. The fourth-order valence-electron chi connectivity index (χ4n) is 2.25. The second kappa shape index (κ2) is 7.44. The van der Waals surface area contributed by atoms with E-state index < -0.39 is 10.8 Å². The highest BCUT2D eigenvalue weighted by atomic mass is 32.2. The van der Waals surface area contributed by atoms with E-state index in [1.165, 1.54) is 12.8 Å². The first kappa shape index (κ1) is 14.2. The van der Waals surface area contributed by atoms with Crippen LogP contribution in [-0.4, -0.2) is 27.8 Å². The molecule has 4 unspecified atom stereocenters. The van der Waals surface area contributed by atoms with Crippen LogP contribution in [0.1, 0.15) is 52.9 Å². The van der Waals surface area contributed by atoms with E-state index in [4.69, 9.17) is 0 Å². The molecule has 0 amide bonds. The summed E-state index contributed by atoms with van der Waals surface area (Å²) in [6.07, 6.45) is 5.84. The molecule has 0 spiro atoms. The van der Waals surface area contributed by atoms with Crippen molar-refractivity contribution in [1.29, 1.82) is 0 Å². The molecule has 0 radical (unpaired) electrons. The van der Waals surface area contributed by atoms with Gasteiger partial charge in [0.15, 0.2) is 0 Å². The Morgan fingerprint density at radius 3 is 2.75 bits per heavy atom. The largest absolute Gasteiger partial charge is 0.314 e. The minimum absolute atomic E-state index is 0.461. The summed E-state index contributed by atoms with van der Waals surface area (Å²) in [6.45, 7) is 7.69. The van der Waals surface area contributed by atoms with Crippen molar-refractivity contribution < 1.29 is 4.21 Å². The van der Waals surface area contributed by atoms with Crippen molar-refractivity contribution in [2.24, 2.45) is 5.92 Å². The van der Waals surface area contributed by atoms with Crippen LogP contribution in [0, 0.1) is 5.92 Å². The molecule has 4 atom stereocenters. The Bertz CT molecular complexity index is 220. The molecule has 3 heteroatoms. The van der Waals surface area contributed by atoms with Crippen molar-refractivity contribution in [2.45, 2.75) is 64.2 Å². The molecule has 1 N–H and O–H groups in total. The Hall–Kier alpha value is 0.110. The van der Waals surface area contributed by atoms with Gasteiger partial charge in [0.25, 0.3) is 0 Å². The molecule has 0 aromatic heterocycles. The summed E-state index contributed by atoms with van der Waals surface area (Å²) in [5.41, 5.74) is 0. The molecule has 0 aliphatic heterocycles. The average Bonchev–Trinajstić information content (AvgIpc) is 2.74. The van der Waals surface area contributed by atoms with Crippen molar-refractivity contribution in [1.82, 2.24) is 5.32 Å². The van der Waals surface area contributed by atoms with E-state index in [2.05, 4.69) is 26.1 Å². The van der Waals surface area contributed by atoms with E-state index >= 15 is 0 Å². The fraction of sp³-hybridized carbons (Fsp3) is 1.00. The Balaban J connectivity index is 2.26. The van der Waals surface area contributed by atoms with Gasteiger partial charge >= 0.3 is 0 Å². The first-order valence-corrected chi connectivity index (χ1v) is 8.16. The lowest BCUT2D eigenvalue weighted by atomic mass is 10.2. The smallest absolute Gasteiger partial charge is 0.0363 e. The lowest BCUT2D eigenvalue weighted by Crippen LogP contribution is -2.28. The summed E-state index contributed by atoms with van der Waals surface area (Å²) < 4.78 is 12.1. The molecule has 1 rings (SSSR count). The van der Waals surface area contributed by atoms with E-state index in [-0.39, 0.29) is 0 Å². The molecule has 1 saturated carbocycles. The standard InChI is InChI=1S/C13H27NOS/c1-4-8-14-12-6-7-13(9-12)16(15)10-11(3)5-2/h11-14H,4-10H2,1-3H3. The second-order valence-corrected chi connectivity index (χ2v) is 6.91. The lowest BCUT2D eigenvalue weighted by molar-refractivity contribution is 0.523. The number of rotatable bonds is 7. The molecule has 0 aromatic rings. The van der Waals surface area contributed by atoms with Crippen molar-refractivity contribution in [3.63, 3.8) is 0 Å². The average molecular weight is 245 g/mol. The maximum absolute atomic E-state index is 12.1. The molecule has 1 fully saturated rings. The monoisotopic (exact) mass is 245 g/mol. The molecule has 16 heavy (non-hydrogen) atoms. The molecular formula is C13H27NOS. The van der Waals surface area contributed by atoms with E-state index in [1.807, 2.05) is 0 Å². The van der Waals surface area contributed by atoms with Gasteiger partial charge in [-0.25, -0.2) is 0 Å². The lowest BCUT2D eigenvalue weighted by Gasteiger charge is -2.14. The maximum atomic E-state index is 12.1. The molecular weight excluding hydrogens is 218 g/mol.